The van der Waals surface area contributed by atoms with Crippen LogP contribution >= 0.6 is 0 Å². The molecule has 4 nitrogen and oxygen atoms in total. The number of ether oxygens (including phenoxy) is 2. The third kappa shape index (κ3) is 5.68. The van der Waals surface area contributed by atoms with Crippen molar-refractivity contribution in [3.63, 3.8) is 0 Å². The largest absolute Gasteiger partial charge is 0.496 e. The van der Waals surface area contributed by atoms with Crippen molar-refractivity contribution in [2.24, 2.45) is 0 Å². The average molecular weight is 307 g/mol. The number of esters is 1. The molecule has 0 heterocycles. The zero-order valence-electron chi connectivity index (χ0n) is 14.3. The number of benzene rings is 1. The Hall–Kier alpha value is -1.55. The minimum Gasteiger partial charge on any atom is -0.496 e. The Balaban J connectivity index is 2.72. The van der Waals surface area contributed by atoms with Gasteiger partial charge in [0.25, 0.3) is 0 Å². The summed E-state index contributed by atoms with van der Waals surface area (Å²) in [4.78, 5) is 12.1. The van der Waals surface area contributed by atoms with Crippen LogP contribution in [0.25, 0.3) is 0 Å². The number of hydrogen-bond acceptors (Lipinski definition) is 4. The van der Waals surface area contributed by atoms with Gasteiger partial charge in [0.15, 0.2) is 0 Å². The van der Waals surface area contributed by atoms with Gasteiger partial charge in [-0.15, -0.1) is 0 Å². The summed E-state index contributed by atoms with van der Waals surface area (Å²) in [5.41, 5.74) is 1.93. The molecule has 1 atom stereocenters. The molecule has 1 unspecified atom stereocenters. The van der Waals surface area contributed by atoms with Gasteiger partial charge in [0.2, 0.25) is 0 Å². The second-order valence-electron chi connectivity index (χ2n) is 5.57. The SMILES string of the molecule is CCCCCCCNC(C(=O)OC)c1cc(C)ccc1OC. The van der Waals surface area contributed by atoms with Crippen LogP contribution in [0.2, 0.25) is 0 Å². The Morgan fingerprint density at radius 1 is 1.18 bits per heavy atom. The predicted octanol–water partition coefficient (Wildman–Crippen LogP) is 3.78. The molecule has 22 heavy (non-hydrogen) atoms. The third-order valence-electron chi connectivity index (χ3n) is 3.76. The van der Waals surface area contributed by atoms with Crippen LogP contribution in [0.5, 0.6) is 5.75 Å². The normalized spacial score (nSPS) is 12.0. The van der Waals surface area contributed by atoms with E-state index in [1.165, 1.54) is 32.8 Å². The van der Waals surface area contributed by atoms with Crippen LogP contribution < -0.4 is 10.1 Å². The highest BCUT2D eigenvalue weighted by molar-refractivity contribution is 5.78. The number of hydrogen-bond donors (Lipinski definition) is 1. The van der Waals surface area contributed by atoms with E-state index in [1.54, 1.807) is 7.11 Å². The lowest BCUT2D eigenvalue weighted by Crippen LogP contribution is -2.30. The standard InChI is InChI=1S/C18H29NO3/c1-5-6-7-8-9-12-19-17(18(20)22-4)15-13-14(2)10-11-16(15)21-3/h10-11,13,17,19H,5-9,12H2,1-4H3. The molecule has 0 aliphatic carbocycles. The number of carbonyl (C=O) groups excluding carboxylic acids is 1. The molecular formula is C18H29NO3. The van der Waals surface area contributed by atoms with E-state index in [0.29, 0.717) is 5.75 Å². The van der Waals surface area contributed by atoms with Crippen molar-refractivity contribution < 1.29 is 14.3 Å². The molecule has 0 spiro atoms. The van der Waals surface area contributed by atoms with Crippen molar-refractivity contribution in [2.75, 3.05) is 20.8 Å². The molecule has 4 heteroatoms. The van der Waals surface area contributed by atoms with Gasteiger partial charge in [0.1, 0.15) is 11.8 Å². The molecule has 1 aromatic rings. The number of aryl methyl sites for hydroxylation is 1. The van der Waals surface area contributed by atoms with Gasteiger partial charge in [-0.3, -0.25) is 0 Å². The van der Waals surface area contributed by atoms with E-state index >= 15 is 0 Å². The molecule has 0 aliphatic rings. The van der Waals surface area contributed by atoms with Gasteiger partial charge < -0.3 is 14.8 Å². The van der Waals surface area contributed by atoms with Gasteiger partial charge in [-0.05, 0) is 26.0 Å². The molecule has 0 radical (unpaired) electrons. The molecule has 0 saturated heterocycles. The highest BCUT2D eigenvalue weighted by Crippen LogP contribution is 2.27. The molecule has 1 aromatic carbocycles. The number of rotatable bonds is 10. The van der Waals surface area contributed by atoms with Gasteiger partial charge in [-0.1, -0.05) is 50.3 Å². The van der Waals surface area contributed by atoms with Crippen molar-refractivity contribution in [1.29, 1.82) is 0 Å². The van der Waals surface area contributed by atoms with Crippen LogP contribution in [0, 0.1) is 6.92 Å². The Labute approximate surface area is 134 Å². The van der Waals surface area contributed by atoms with Crippen LogP contribution in [0.3, 0.4) is 0 Å². The maximum atomic E-state index is 12.1. The summed E-state index contributed by atoms with van der Waals surface area (Å²) in [6, 6.07) is 5.36. The Morgan fingerprint density at radius 3 is 2.55 bits per heavy atom. The summed E-state index contributed by atoms with van der Waals surface area (Å²) in [5.74, 6) is 0.428. The molecule has 1 N–H and O–H groups in total. The van der Waals surface area contributed by atoms with E-state index in [9.17, 15) is 4.79 Å². The van der Waals surface area contributed by atoms with E-state index in [2.05, 4.69) is 12.2 Å². The topological polar surface area (TPSA) is 47.6 Å². The Kier molecular flexibility index (Phi) is 8.60. The monoisotopic (exact) mass is 307 g/mol. The van der Waals surface area contributed by atoms with Gasteiger partial charge in [0.05, 0.1) is 14.2 Å². The first-order valence-corrected chi connectivity index (χ1v) is 8.09. The summed E-state index contributed by atoms with van der Waals surface area (Å²) < 4.78 is 10.3. The second kappa shape index (κ2) is 10.2. The molecule has 0 aliphatic heterocycles. The van der Waals surface area contributed by atoms with Crippen LogP contribution in [-0.4, -0.2) is 26.7 Å². The van der Waals surface area contributed by atoms with Gasteiger partial charge in [-0.25, -0.2) is 4.79 Å². The van der Waals surface area contributed by atoms with E-state index in [0.717, 1.165) is 24.1 Å². The maximum Gasteiger partial charge on any atom is 0.327 e. The van der Waals surface area contributed by atoms with Crippen LogP contribution in [0.1, 0.15) is 56.2 Å². The molecule has 0 fully saturated rings. The number of methoxy groups -OCH3 is 2. The molecule has 124 valence electrons. The molecule has 0 bridgehead atoms. The summed E-state index contributed by atoms with van der Waals surface area (Å²) in [6.07, 6.45) is 5.99. The number of nitrogens with one attached hydrogen (secondary N) is 1. The van der Waals surface area contributed by atoms with Crippen molar-refractivity contribution in [3.8, 4) is 5.75 Å². The zero-order valence-corrected chi connectivity index (χ0v) is 14.3. The highest BCUT2D eigenvalue weighted by atomic mass is 16.5. The zero-order chi connectivity index (χ0) is 16.4. The maximum absolute atomic E-state index is 12.1. The lowest BCUT2D eigenvalue weighted by Gasteiger charge is -2.20. The summed E-state index contributed by atoms with van der Waals surface area (Å²) >= 11 is 0. The summed E-state index contributed by atoms with van der Waals surface area (Å²) in [6.45, 7) is 5.00. The van der Waals surface area contributed by atoms with Crippen molar-refractivity contribution in [2.45, 2.75) is 52.0 Å². The lowest BCUT2D eigenvalue weighted by molar-refractivity contribution is -0.143. The summed E-state index contributed by atoms with van der Waals surface area (Å²) in [7, 11) is 3.04. The molecule has 1 rings (SSSR count). The van der Waals surface area contributed by atoms with Crippen molar-refractivity contribution >= 4 is 5.97 Å². The van der Waals surface area contributed by atoms with E-state index in [-0.39, 0.29) is 5.97 Å². The third-order valence-corrected chi connectivity index (χ3v) is 3.76. The second-order valence-corrected chi connectivity index (χ2v) is 5.57. The molecule has 0 aromatic heterocycles. The van der Waals surface area contributed by atoms with Crippen molar-refractivity contribution in [3.05, 3.63) is 29.3 Å². The van der Waals surface area contributed by atoms with Crippen LogP contribution in [0.4, 0.5) is 0 Å². The fraction of sp³-hybridized carbons (Fsp3) is 0.611. The summed E-state index contributed by atoms with van der Waals surface area (Å²) in [5, 5.41) is 3.31. The average Bonchev–Trinajstić information content (AvgIpc) is 2.53. The minimum absolute atomic E-state index is 0.280. The van der Waals surface area contributed by atoms with Crippen LogP contribution in [0.15, 0.2) is 18.2 Å². The Bertz CT molecular complexity index is 460. The minimum atomic E-state index is -0.481. The van der Waals surface area contributed by atoms with Crippen molar-refractivity contribution in [1.82, 2.24) is 5.32 Å². The van der Waals surface area contributed by atoms with Gasteiger partial charge in [-0.2, -0.15) is 0 Å². The first-order valence-electron chi connectivity index (χ1n) is 8.09. The first-order chi connectivity index (χ1) is 10.6. The van der Waals surface area contributed by atoms with E-state index in [4.69, 9.17) is 9.47 Å². The van der Waals surface area contributed by atoms with E-state index in [1.807, 2.05) is 25.1 Å². The lowest BCUT2D eigenvalue weighted by atomic mass is 10.0. The number of carbonyl (C=O) groups is 1. The highest BCUT2D eigenvalue weighted by Gasteiger charge is 2.24. The molecule has 0 amide bonds. The molecular weight excluding hydrogens is 278 g/mol. The smallest absolute Gasteiger partial charge is 0.327 e. The number of unbranched alkanes of at least 4 members (excludes halogenated alkanes) is 4. The van der Waals surface area contributed by atoms with Gasteiger partial charge >= 0.3 is 5.97 Å². The predicted molar refractivity (Wildman–Crippen MR) is 89.2 cm³/mol. The first kappa shape index (κ1) is 18.5. The van der Waals surface area contributed by atoms with Gasteiger partial charge in [0, 0.05) is 5.56 Å². The Morgan fingerprint density at radius 2 is 1.91 bits per heavy atom. The quantitative estimate of drug-likeness (QED) is 0.528. The fourth-order valence-corrected chi connectivity index (χ4v) is 2.49. The van der Waals surface area contributed by atoms with Crippen LogP contribution in [-0.2, 0) is 9.53 Å². The van der Waals surface area contributed by atoms with E-state index < -0.39 is 6.04 Å². The fourth-order valence-electron chi connectivity index (χ4n) is 2.49. The molecule has 0 saturated carbocycles.